The molecule has 0 saturated carbocycles. The SMILES string of the molecule is CCCCCCCCCCCCCCCCN(CCCCCCCCCCCCCCCC)c1ccc(/C=C/C(=O)c2ccc(OCCOCCOCCO)cc2)cc1. The number of anilines is 1. The Morgan fingerprint density at radius 1 is 0.492 bits per heavy atom. The monoisotopic (exact) mass is 820 g/mol. The Morgan fingerprint density at radius 3 is 1.31 bits per heavy atom. The molecule has 0 fully saturated rings. The number of benzene rings is 2. The molecule has 336 valence electrons. The maximum Gasteiger partial charge on any atom is 0.185 e. The number of ketones is 1. The minimum absolute atomic E-state index is 0.0165. The molecule has 0 aliphatic rings. The number of allylic oxidation sites excluding steroid dienone is 1. The summed E-state index contributed by atoms with van der Waals surface area (Å²) in [6.45, 7) is 8.95. The Kier molecular flexibility index (Phi) is 35.1. The Bertz CT molecular complexity index is 1200. The molecular weight excluding hydrogens is 731 g/mol. The highest BCUT2D eigenvalue weighted by Gasteiger charge is 2.08. The minimum atomic E-state index is -0.0240. The van der Waals surface area contributed by atoms with Crippen LogP contribution in [-0.4, -0.2) is 63.6 Å². The summed E-state index contributed by atoms with van der Waals surface area (Å²) in [7, 11) is 0. The van der Waals surface area contributed by atoms with Gasteiger partial charge in [0, 0.05) is 24.3 Å². The normalized spacial score (nSPS) is 11.5. The van der Waals surface area contributed by atoms with Crippen LogP contribution in [0.25, 0.3) is 6.08 Å². The van der Waals surface area contributed by atoms with Gasteiger partial charge >= 0.3 is 0 Å². The molecule has 2 aromatic carbocycles. The molecule has 0 unspecified atom stereocenters. The van der Waals surface area contributed by atoms with Gasteiger partial charge in [-0.05, 0) is 60.9 Å². The number of unbranched alkanes of at least 4 members (excludes halogenated alkanes) is 26. The predicted molar refractivity (Wildman–Crippen MR) is 253 cm³/mol. The number of carbonyl (C=O) groups excluding carboxylic acids is 1. The van der Waals surface area contributed by atoms with E-state index in [0.29, 0.717) is 44.3 Å². The van der Waals surface area contributed by atoms with Gasteiger partial charge in [-0.1, -0.05) is 199 Å². The zero-order valence-electron chi connectivity index (χ0n) is 38.3. The van der Waals surface area contributed by atoms with E-state index in [1.54, 1.807) is 18.2 Å². The van der Waals surface area contributed by atoms with Crippen molar-refractivity contribution >= 4 is 17.5 Å². The lowest BCUT2D eigenvalue weighted by Crippen LogP contribution is -2.25. The van der Waals surface area contributed by atoms with Crippen LogP contribution in [0.15, 0.2) is 54.6 Å². The molecule has 6 nitrogen and oxygen atoms in total. The molecule has 0 aliphatic heterocycles. The molecule has 1 N–H and O–H groups in total. The first-order valence-electron chi connectivity index (χ1n) is 24.7. The molecule has 59 heavy (non-hydrogen) atoms. The summed E-state index contributed by atoms with van der Waals surface area (Å²) in [6.07, 6.45) is 42.5. The number of aliphatic hydroxyl groups is 1. The molecule has 2 rings (SSSR count). The second-order valence-corrected chi connectivity index (χ2v) is 16.8. The van der Waals surface area contributed by atoms with Crippen molar-refractivity contribution in [3.05, 3.63) is 65.7 Å². The Balaban J connectivity index is 1.74. The summed E-state index contributed by atoms with van der Waals surface area (Å²) in [5.41, 5.74) is 2.97. The number of hydrogen-bond donors (Lipinski definition) is 1. The van der Waals surface area contributed by atoms with Crippen LogP contribution in [0.4, 0.5) is 5.69 Å². The van der Waals surface area contributed by atoms with E-state index in [4.69, 9.17) is 19.3 Å². The summed E-state index contributed by atoms with van der Waals surface area (Å²) in [6, 6.07) is 16.1. The highest BCUT2D eigenvalue weighted by Crippen LogP contribution is 2.21. The summed E-state index contributed by atoms with van der Waals surface area (Å²) < 4.78 is 16.4. The van der Waals surface area contributed by atoms with Crippen molar-refractivity contribution in [3.63, 3.8) is 0 Å². The summed E-state index contributed by atoms with van der Waals surface area (Å²) >= 11 is 0. The van der Waals surface area contributed by atoms with Crippen LogP contribution in [0, 0.1) is 0 Å². The summed E-state index contributed by atoms with van der Waals surface area (Å²) in [4.78, 5) is 15.6. The van der Waals surface area contributed by atoms with E-state index >= 15 is 0 Å². The summed E-state index contributed by atoms with van der Waals surface area (Å²) in [5.74, 6) is 0.679. The van der Waals surface area contributed by atoms with Gasteiger partial charge in [0.1, 0.15) is 12.4 Å². The molecule has 0 heterocycles. The van der Waals surface area contributed by atoms with E-state index in [0.717, 1.165) is 18.7 Å². The van der Waals surface area contributed by atoms with E-state index in [2.05, 4.69) is 43.0 Å². The van der Waals surface area contributed by atoms with Gasteiger partial charge in [-0.25, -0.2) is 0 Å². The van der Waals surface area contributed by atoms with Gasteiger partial charge in [-0.3, -0.25) is 4.79 Å². The number of hydrogen-bond acceptors (Lipinski definition) is 6. The van der Waals surface area contributed by atoms with E-state index in [1.165, 1.54) is 185 Å². The number of aliphatic hydroxyl groups excluding tert-OH is 1. The predicted octanol–water partition coefficient (Wildman–Crippen LogP) is 14.8. The van der Waals surface area contributed by atoms with Gasteiger partial charge in [-0.15, -0.1) is 0 Å². The number of ether oxygens (including phenoxy) is 3. The van der Waals surface area contributed by atoms with Gasteiger partial charge in [0.15, 0.2) is 5.78 Å². The van der Waals surface area contributed by atoms with Gasteiger partial charge in [0.2, 0.25) is 0 Å². The molecule has 0 radical (unpaired) electrons. The first-order valence-corrected chi connectivity index (χ1v) is 24.7. The third-order valence-corrected chi connectivity index (χ3v) is 11.5. The molecule has 2 aromatic rings. The van der Waals surface area contributed by atoms with Crippen LogP contribution in [0.5, 0.6) is 5.75 Å². The van der Waals surface area contributed by atoms with E-state index in [-0.39, 0.29) is 12.4 Å². The van der Waals surface area contributed by atoms with Crippen molar-refractivity contribution in [2.75, 3.05) is 57.6 Å². The highest BCUT2D eigenvalue weighted by molar-refractivity contribution is 6.06. The fourth-order valence-corrected chi connectivity index (χ4v) is 7.75. The first kappa shape index (κ1) is 52.5. The standard InChI is InChI=1S/C53H89NO5/c1-3-5-7-9-11-13-15-17-19-21-23-25-27-29-41-54(42-30-28-26-24-22-20-18-16-14-12-10-8-6-4-2)51-36-31-49(32-37-51)33-40-53(56)50-34-38-52(39-35-50)59-48-47-58-46-45-57-44-43-55/h31-40,55H,3-30,41-48H2,1-2H3/b40-33+. The van der Waals surface area contributed by atoms with Crippen molar-refractivity contribution in [2.45, 2.75) is 194 Å². The number of nitrogens with zero attached hydrogens (tertiary/aromatic N) is 1. The second-order valence-electron chi connectivity index (χ2n) is 16.8. The Labute approximate surface area is 363 Å². The lowest BCUT2D eigenvalue weighted by atomic mass is 10.0. The molecule has 0 aromatic heterocycles. The van der Waals surface area contributed by atoms with Crippen LogP contribution in [0.2, 0.25) is 0 Å². The average Bonchev–Trinajstić information content (AvgIpc) is 3.26. The van der Waals surface area contributed by atoms with Crippen molar-refractivity contribution < 1.29 is 24.1 Å². The number of rotatable bonds is 43. The van der Waals surface area contributed by atoms with Crippen LogP contribution in [0.3, 0.4) is 0 Å². The number of carbonyl (C=O) groups is 1. The van der Waals surface area contributed by atoms with E-state index in [9.17, 15) is 4.79 Å². The molecule has 6 heteroatoms. The fourth-order valence-electron chi connectivity index (χ4n) is 7.75. The summed E-state index contributed by atoms with van der Waals surface area (Å²) in [5, 5.41) is 8.73. The lowest BCUT2D eigenvalue weighted by molar-refractivity contribution is 0.0247. The molecule has 0 amide bonds. The quantitative estimate of drug-likeness (QED) is 0.0408. The van der Waals surface area contributed by atoms with Crippen LogP contribution in [-0.2, 0) is 9.47 Å². The largest absolute Gasteiger partial charge is 0.491 e. The molecular formula is C53H89NO5. The van der Waals surface area contributed by atoms with Crippen molar-refractivity contribution in [2.24, 2.45) is 0 Å². The maximum atomic E-state index is 13.0. The van der Waals surface area contributed by atoms with Crippen molar-refractivity contribution in [1.29, 1.82) is 0 Å². The lowest BCUT2D eigenvalue weighted by Gasteiger charge is -2.25. The first-order chi connectivity index (χ1) is 29.2. The Hall–Kier alpha value is -2.67. The molecule has 0 aliphatic carbocycles. The van der Waals surface area contributed by atoms with Gasteiger partial charge in [-0.2, -0.15) is 0 Å². The van der Waals surface area contributed by atoms with Crippen LogP contribution >= 0.6 is 0 Å². The van der Waals surface area contributed by atoms with Crippen LogP contribution < -0.4 is 9.64 Å². The van der Waals surface area contributed by atoms with Gasteiger partial charge < -0.3 is 24.2 Å². The topological polar surface area (TPSA) is 68.2 Å². The molecule has 0 spiro atoms. The average molecular weight is 820 g/mol. The fraction of sp³-hybridized carbons (Fsp3) is 0.717. The third kappa shape index (κ3) is 30.1. The molecule has 0 saturated heterocycles. The zero-order valence-corrected chi connectivity index (χ0v) is 38.3. The molecule has 0 bridgehead atoms. The smallest absolute Gasteiger partial charge is 0.185 e. The van der Waals surface area contributed by atoms with Crippen molar-refractivity contribution in [1.82, 2.24) is 0 Å². The third-order valence-electron chi connectivity index (χ3n) is 11.5. The second kappa shape index (κ2) is 39.5. The van der Waals surface area contributed by atoms with Gasteiger partial charge in [0.05, 0.1) is 33.0 Å². The maximum absolute atomic E-state index is 13.0. The molecule has 0 atom stereocenters. The van der Waals surface area contributed by atoms with Crippen molar-refractivity contribution in [3.8, 4) is 5.75 Å². The zero-order chi connectivity index (χ0) is 42.1. The Morgan fingerprint density at radius 2 is 0.881 bits per heavy atom. The minimum Gasteiger partial charge on any atom is -0.491 e. The van der Waals surface area contributed by atoms with Gasteiger partial charge in [0.25, 0.3) is 0 Å². The van der Waals surface area contributed by atoms with E-state index < -0.39 is 0 Å². The highest BCUT2D eigenvalue weighted by atomic mass is 16.5. The van der Waals surface area contributed by atoms with Crippen LogP contribution in [0.1, 0.15) is 210 Å². The van der Waals surface area contributed by atoms with E-state index in [1.807, 2.05) is 18.2 Å².